The van der Waals surface area contributed by atoms with Crippen LogP contribution >= 0.6 is 12.4 Å². The van der Waals surface area contributed by atoms with Gasteiger partial charge in [-0.05, 0) is 30.2 Å². The Morgan fingerprint density at radius 2 is 1.44 bits per heavy atom. The van der Waals surface area contributed by atoms with Crippen LogP contribution in [0, 0.1) is 0 Å². The maximum absolute atomic E-state index is 13.3. The van der Waals surface area contributed by atoms with Crippen molar-refractivity contribution in [2.24, 2.45) is 0 Å². The van der Waals surface area contributed by atoms with Crippen molar-refractivity contribution in [2.75, 3.05) is 6.61 Å². The molecule has 0 fully saturated rings. The largest absolute Gasteiger partial charge is 0.457 e. The second-order valence-electron chi connectivity index (χ2n) is 5.74. The first-order valence-electron chi connectivity index (χ1n) is 8.59. The second-order valence-corrected chi connectivity index (χ2v) is 5.74. The fraction of sp³-hybridized carbons (Fsp3) is 0.182. The van der Waals surface area contributed by atoms with Crippen LogP contribution in [0.5, 0.6) is 0 Å². The maximum atomic E-state index is 13.3. The van der Waals surface area contributed by atoms with E-state index < -0.39 is 11.6 Å². The molecule has 0 bridgehead atoms. The smallest absolute Gasteiger partial charge is 0.348 e. The number of nitrogens with zero attached hydrogens (tertiary/aromatic N) is 1. The number of carbonyl (C=O) groups excluding carboxylic acids is 1. The van der Waals surface area contributed by atoms with Crippen LogP contribution in [0.15, 0.2) is 85.1 Å². The summed E-state index contributed by atoms with van der Waals surface area (Å²) >= 11 is 0. The minimum absolute atomic E-state index is 0. The van der Waals surface area contributed by atoms with Crippen LogP contribution in [-0.2, 0) is 26.5 Å². The van der Waals surface area contributed by atoms with E-state index in [9.17, 15) is 4.79 Å². The summed E-state index contributed by atoms with van der Waals surface area (Å²) < 4.78 is 11.7. The summed E-state index contributed by atoms with van der Waals surface area (Å²) in [5.41, 5.74) is 0.844. The first-order valence-corrected chi connectivity index (χ1v) is 8.59. The van der Waals surface area contributed by atoms with Crippen LogP contribution in [-0.4, -0.2) is 17.6 Å². The van der Waals surface area contributed by atoms with Gasteiger partial charge in [0, 0.05) is 12.8 Å². The number of hydrogen-bond acceptors (Lipinski definition) is 4. The third kappa shape index (κ3) is 4.54. The zero-order valence-corrected chi connectivity index (χ0v) is 15.9. The molecule has 0 radical (unpaired) electrons. The van der Waals surface area contributed by atoms with Crippen LogP contribution in [0.1, 0.15) is 23.7 Å². The predicted molar refractivity (Wildman–Crippen MR) is 107 cm³/mol. The Kier molecular flexibility index (Phi) is 7.53. The summed E-state index contributed by atoms with van der Waals surface area (Å²) in [7, 11) is 0. The fourth-order valence-corrected chi connectivity index (χ4v) is 2.91. The van der Waals surface area contributed by atoms with Crippen molar-refractivity contribution < 1.29 is 14.3 Å². The lowest BCUT2D eigenvalue weighted by atomic mass is 9.86. The highest BCUT2D eigenvalue weighted by molar-refractivity contribution is 5.86. The molecule has 0 aliphatic heterocycles. The van der Waals surface area contributed by atoms with Crippen LogP contribution in [0.25, 0.3) is 0 Å². The van der Waals surface area contributed by atoms with E-state index in [1.807, 2.05) is 85.8 Å². The van der Waals surface area contributed by atoms with E-state index in [1.54, 1.807) is 6.20 Å². The van der Waals surface area contributed by atoms with Gasteiger partial charge in [0.1, 0.15) is 6.61 Å². The highest BCUT2D eigenvalue weighted by Gasteiger charge is 2.44. The van der Waals surface area contributed by atoms with Crippen LogP contribution in [0.4, 0.5) is 0 Å². The highest BCUT2D eigenvalue weighted by Crippen LogP contribution is 2.35. The molecule has 5 heteroatoms. The average Bonchev–Trinajstić information content (AvgIpc) is 2.72. The molecule has 0 unspecified atom stereocenters. The number of hydrogen-bond donors (Lipinski definition) is 0. The van der Waals surface area contributed by atoms with Gasteiger partial charge in [-0.25, -0.2) is 4.79 Å². The summed E-state index contributed by atoms with van der Waals surface area (Å²) in [6, 6.07) is 24.4. The molecule has 0 spiro atoms. The molecule has 0 atom stereocenters. The molecule has 140 valence electrons. The van der Waals surface area contributed by atoms with Gasteiger partial charge in [0.25, 0.3) is 0 Å². The standard InChI is InChI=1S/C22H21NO3.ClH/c1-2-26-22(18-11-5-3-6-12-18,19-13-7-4-8-14-19)21(24)25-17-20-15-9-10-16-23-20;/h3-16H,2,17H2,1H3;1H. The van der Waals surface area contributed by atoms with E-state index in [0.29, 0.717) is 12.3 Å². The molecular formula is C22H22ClNO3. The Balaban J connectivity index is 0.00000261. The van der Waals surface area contributed by atoms with Crippen molar-refractivity contribution in [1.29, 1.82) is 0 Å². The first-order chi connectivity index (χ1) is 12.8. The van der Waals surface area contributed by atoms with Gasteiger partial charge >= 0.3 is 5.97 Å². The molecule has 3 rings (SSSR count). The number of halogens is 1. The third-order valence-corrected chi connectivity index (χ3v) is 4.09. The molecule has 3 aromatic rings. The lowest BCUT2D eigenvalue weighted by Gasteiger charge is -2.32. The summed E-state index contributed by atoms with van der Waals surface area (Å²) in [5, 5.41) is 0. The Morgan fingerprint density at radius 1 is 0.889 bits per heavy atom. The van der Waals surface area contributed by atoms with E-state index in [-0.39, 0.29) is 19.0 Å². The molecule has 0 saturated heterocycles. The van der Waals surface area contributed by atoms with Gasteiger partial charge in [-0.15, -0.1) is 12.4 Å². The number of pyridine rings is 1. The van der Waals surface area contributed by atoms with Crippen molar-refractivity contribution in [3.8, 4) is 0 Å². The van der Waals surface area contributed by atoms with Crippen molar-refractivity contribution in [2.45, 2.75) is 19.1 Å². The van der Waals surface area contributed by atoms with Gasteiger partial charge in [-0.3, -0.25) is 4.98 Å². The quantitative estimate of drug-likeness (QED) is 0.562. The van der Waals surface area contributed by atoms with E-state index in [1.165, 1.54) is 0 Å². The topological polar surface area (TPSA) is 48.4 Å². The van der Waals surface area contributed by atoms with Gasteiger partial charge < -0.3 is 9.47 Å². The minimum atomic E-state index is -1.31. The van der Waals surface area contributed by atoms with Crippen molar-refractivity contribution >= 4 is 18.4 Å². The molecule has 0 N–H and O–H groups in total. The zero-order valence-electron chi connectivity index (χ0n) is 15.1. The third-order valence-electron chi connectivity index (χ3n) is 4.09. The fourth-order valence-electron chi connectivity index (χ4n) is 2.91. The van der Waals surface area contributed by atoms with Crippen LogP contribution in [0.3, 0.4) is 0 Å². The molecule has 4 nitrogen and oxygen atoms in total. The van der Waals surface area contributed by atoms with Gasteiger partial charge in [0.05, 0.1) is 5.69 Å². The molecule has 1 aromatic heterocycles. The van der Waals surface area contributed by atoms with E-state index in [4.69, 9.17) is 9.47 Å². The average molecular weight is 384 g/mol. The summed E-state index contributed by atoms with van der Waals surface area (Å²) in [4.78, 5) is 17.5. The molecule has 27 heavy (non-hydrogen) atoms. The Bertz CT molecular complexity index is 786. The van der Waals surface area contributed by atoms with Crippen molar-refractivity contribution in [3.63, 3.8) is 0 Å². The van der Waals surface area contributed by atoms with Gasteiger partial charge in [0.15, 0.2) is 0 Å². The van der Waals surface area contributed by atoms with Gasteiger partial charge in [-0.2, -0.15) is 0 Å². The number of benzene rings is 2. The van der Waals surface area contributed by atoms with Crippen LogP contribution < -0.4 is 0 Å². The molecule has 0 amide bonds. The number of esters is 1. The normalized spacial score (nSPS) is 10.7. The van der Waals surface area contributed by atoms with Gasteiger partial charge in [0.2, 0.25) is 5.60 Å². The number of ether oxygens (including phenoxy) is 2. The molecule has 1 heterocycles. The molecule has 0 saturated carbocycles. The van der Waals surface area contributed by atoms with Crippen molar-refractivity contribution in [1.82, 2.24) is 4.98 Å². The maximum Gasteiger partial charge on any atom is 0.348 e. The Labute approximate surface area is 165 Å². The molecular weight excluding hydrogens is 362 g/mol. The Morgan fingerprint density at radius 3 is 1.93 bits per heavy atom. The lowest BCUT2D eigenvalue weighted by Crippen LogP contribution is -2.41. The molecule has 0 aliphatic rings. The molecule has 0 aliphatic carbocycles. The minimum Gasteiger partial charge on any atom is -0.457 e. The second kappa shape index (κ2) is 9.86. The predicted octanol–water partition coefficient (Wildman–Crippen LogP) is 4.53. The number of aromatic nitrogens is 1. The SMILES string of the molecule is CCOC(C(=O)OCc1ccccn1)(c1ccccc1)c1ccccc1.Cl. The Hall–Kier alpha value is -2.69. The summed E-state index contributed by atoms with van der Waals surface area (Å²) in [6.45, 7) is 2.32. The van der Waals surface area contributed by atoms with E-state index >= 15 is 0 Å². The highest BCUT2D eigenvalue weighted by atomic mass is 35.5. The number of rotatable bonds is 7. The van der Waals surface area contributed by atoms with Crippen molar-refractivity contribution in [3.05, 3.63) is 102 Å². The number of carbonyl (C=O) groups is 1. The monoisotopic (exact) mass is 383 g/mol. The first kappa shape index (κ1) is 20.6. The zero-order chi connectivity index (χ0) is 18.2. The summed E-state index contributed by atoms with van der Waals surface area (Å²) in [6.07, 6.45) is 1.67. The van der Waals surface area contributed by atoms with E-state index in [0.717, 1.165) is 11.1 Å². The van der Waals surface area contributed by atoms with Crippen LogP contribution in [0.2, 0.25) is 0 Å². The lowest BCUT2D eigenvalue weighted by molar-refractivity contribution is -0.169. The van der Waals surface area contributed by atoms with E-state index in [2.05, 4.69) is 4.98 Å². The van der Waals surface area contributed by atoms with Gasteiger partial charge in [-0.1, -0.05) is 66.7 Å². The summed E-state index contributed by atoms with van der Waals surface area (Å²) in [5.74, 6) is -0.456. The molecule has 2 aromatic carbocycles.